The minimum absolute atomic E-state index is 0.0179. The molecule has 9 nitrogen and oxygen atoms in total. The summed E-state index contributed by atoms with van der Waals surface area (Å²) < 4.78 is 59.1. The molecule has 0 amide bonds. The van der Waals surface area contributed by atoms with E-state index in [9.17, 15) is 13.9 Å². The number of benzene rings is 2. The molecule has 2 aromatic heterocycles. The summed E-state index contributed by atoms with van der Waals surface area (Å²) in [6.07, 6.45) is 8.89. The first-order valence-corrected chi connectivity index (χ1v) is 15.8. The Morgan fingerprint density at radius 3 is 2.91 bits per heavy atom. The Hall–Kier alpha value is -4.34. The lowest BCUT2D eigenvalue weighted by Crippen LogP contribution is -2.60. The molecule has 4 fully saturated rings. The van der Waals surface area contributed by atoms with E-state index in [0.717, 1.165) is 32.2 Å². The zero-order valence-corrected chi connectivity index (χ0v) is 24.9. The van der Waals surface area contributed by atoms with Crippen LogP contribution in [-0.2, 0) is 0 Å². The number of phenolic OH excluding ortho intramolecular Hbond substituents is 1. The van der Waals surface area contributed by atoms with Gasteiger partial charge in [-0.2, -0.15) is 9.97 Å². The smallest absolute Gasteiger partial charge is 0.319 e. The molecule has 7 heterocycles. The highest BCUT2D eigenvalue weighted by Crippen LogP contribution is 2.45. The van der Waals surface area contributed by atoms with E-state index >= 15 is 4.39 Å². The number of phenols is 1. The van der Waals surface area contributed by atoms with Crippen LogP contribution in [0.1, 0.15) is 37.7 Å². The molecular formula is C34H31F3N6O3. The summed E-state index contributed by atoms with van der Waals surface area (Å²) in [6.45, 7) is 2.27. The molecule has 236 valence electrons. The minimum Gasteiger partial charge on any atom is -0.508 e. The topological polar surface area (TPSA) is 95.9 Å². The van der Waals surface area contributed by atoms with Crippen LogP contribution >= 0.6 is 0 Å². The molecule has 4 saturated heterocycles. The van der Waals surface area contributed by atoms with E-state index in [-0.39, 0.29) is 76.7 Å². The van der Waals surface area contributed by atoms with Gasteiger partial charge in [0.05, 0.1) is 17.1 Å². The van der Waals surface area contributed by atoms with E-state index in [1.54, 1.807) is 0 Å². The molecule has 0 radical (unpaired) electrons. The van der Waals surface area contributed by atoms with Crippen LogP contribution in [0.25, 0.3) is 32.9 Å². The molecule has 46 heavy (non-hydrogen) atoms. The number of nitrogens with zero attached hydrogens (tertiary/aromatic N) is 5. The predicted octanol–water partition coefficient (Wildman–Crippen LogP) is 4.47. The van der Waals surface area contributed by atoms with Crippen molar-refractivity contribution in [1.29, 1.82) is 0 Å². The third kappa shape index (κ3) is 4.07. The number of anilines is 1. The zero-order chi connectivity index (χ0) is 31.3. The summed E-state index contributed by atoms with van der Waals surface area (Å²) in [5.74, 6) is 1.35. The molecular weight excluding hydrogens is 597 g/mol. The molecule has 9 rings (SSSR count). The van der Waals surface area contributed by atoms with Crippen molar-refractivity contribution in [3.8, 4) is 41.2 Å². The third-order valence-electron chi connectivity index (χ3n) is 10.6. The number of pyridine rings is 1. The SMILES string of the molecule is C#Cc1c(F)ccc2cc(O)cc(-c3nc4c5c(nc(OC[C@@]67CCCN6C[C@H](F)C7)nc5c3F)N3C[C@@H]5CC[C@@H](N5)C3CO4)c12. The van der Waals surface area contributed by atoms with Gasteiger partial charge in [0.1, 0.15) is 53.4 Å². The lowest BCUT2D eigenvalue weighted by atomic mass is 9.95. The summed E-state index contributed by atoms with van der Waals surface area (Å²) in [5.41, 5.74) is -0.688. The number of piperazine rings is 1. The van der Waals surface area contributed by atoms with Gasteiger partial charge in [-0.05, 0) is 55.8 Å². The molecule has 2 aromatic carbocycles. The Bertz CT molecular complexity index is 1990. The van der Waals surface area contributed by atoms with Crippen LogP contribution in [0, 0.1) is 24.0 Å². The van der Waals surface area contributed by atoms with Crippen LogP contribution in [0.2, 0.25) is 0 Å². The van der Waals surface area contributed by atoms with Crippen LogP contribution in [0.5, 0.6) is 17.6 Å². The highest BCUT2D eigenvalue weighted by atomic mass is 19.1. The maximum atomic E-state index is 17.0. The first kappa shape index (κ1) is 27.9. The maximum absolute atomic E-state index is 17.0. The molecule has 1 unspecified atom stereocenters. The van der Waals surface area contributed by atoms with Gasteiger partial charge in [-0.3, -0.25) is 4.90 Å². The lowest BCUT2D eigenvalue weighted by Gasteiger charge is -2.40. The maximum Gasteiger partial charge on any atom is 0.319 e. The molecule has 0 saturated carbocycles. The number of hydrogen-bond donors (Lipinski definition) is 2. The van der Waals surface area contributed by atoms with Crippen LogP contribution in [0.15, 0.2) is 24.3 Å². The fourth-order valence-corrected chi connectivity index (χ4v) is 8.56. The number of aromatic hydroxyl groups is 1. The number of nitrogens with one attached hydrogen (secondary N) is 1. The number of fused-ring (bicyclic) bond motifs is 7. The van der Waals surface area contributed by atoms with Gasteiger partial charge in [0.15, 0.2) is 5.82 Å². The van der Waals surface area contributed by atoms with Crippen molar-refractivity contribution in [2.45, 2.75) is 61.9 Å². The molecule has 5 aliphatic heterocycles. The summed E-state index contributed by atoms with van der Waals surface area (Å²) in [4.78, 5) is 18.4. The van der Waals surface area contributed by atoms with Crippen molar-refractivity contribution in [2.75, 3.05) is 37.7 Å². The average Bonchev–Trinajstić information content (AvgIpc) is 3.68. The Kier molecular flexibility index (Phi) is 6.12. The molecule has 0 aliphatic carbocycles. The van der Waals surface area contributed by atoms with Gasteiger partial charge < -0.3 is 24.8 Å². The summed E-state index contributed by atoms with van der Waals surface area (Å²) in [7, 11) is 0. The molecule has 5 atom stereocenters. The number of hydrogen-bond acceptors (Lipinski definition) is 9. The molecule has 5 aliphatic rings. The largest absolute Gasteiger partial charge is 0.508 e. The molecule has 0 spiro atoms. The van der Waals surface area contributed by atoms with E-state index < -0.39 is 23.3 Å². The number of halogens is 3. The van der Waals surface area contributed by atoms with Gasteiger partial charge in [0, 0.05) is 42.5 Å². The van der Waals surface area contributed by atoms with Crippen LogP contribution in [0.3, 0.4) is 0 Å². The van der Waals surface area contributed by atoms with Crippen molar-refractivity contribution in [3.63, 3.8) is 0 Å². The Balaban J connectivity index is 1.25. The molecule has 12 heteroatoms. The normalized spacial score (nSPS) is 28.2. The summed E-state index contributed by atoms with van der Waals surface area (Å²) in [5, 5.41) is 15.3. The number of rotatable bonds is 4. The van der Waals surface area contributed by atoms with E-state index in [4.69, 9.17) is 20.9 Å². The second-order valence-electron chi connectivity index (χ2n) is 13.2. The quantitative estimate of drug-likeness (QED) is 0.318. The van der Waals surface area contributed by atoms with Crippen molar-refractivity contribution in [3.05, 3.63) is 41.5 Å². The number of alkyl halides is 1. The molecule has 4 aromatic rings. The first-order valence-electron chi connectivity index (χ1n) is 15.8. The highest BCUT2D eigenvalue weighted by Gasteiger charge is 2.50. The van der Waals surface area contributed by atoms with Crippen molar-refractivity contribution >= 4 is 27.5 Å². The predicted molar refractivity (Wildman–Crippen MR) is 165 cm³/mol. The van der Waals surface area contributed by atoms with E-state index in [2.05, 4.69) is 31.0 Å². The number of aromatic nitrogens is 3. The van der Waals surface area contributed by atoms with E-state index in [1.807, 2.05) is 0 Å². The molecule has 2 N–H and O–H groups in total. The van der Waals surface area contributed by atoms with Gasteiger partial charge in [-0.1, -0.05) is 12.0 Å². The van der Waals surface area contributed by atoms with Gasteiger partial charge >= 0.3 is 6.01 Å². The molecule has 2 bridgehead atoms. The van der Waals surface area contributed by atoms with Gasteiger partial charge in [0.25, 0.3) is 0 Å². The highest BCUT2D eigenvalue weighted by molar-refractivity contribution is 6.04. The van der Waals surface area contributed by atoms with Crippen LogP contribution in [0.4, 0.5) is 19.0 Å². The van der Waals surface area contributed by atoms with Crippen LogP contribution < -0.4 is 19.7 Å². The fourth-order valence-electron chi connectivity index (χ4n) is 8.56. The Morgan fingerprint density at radius 2 is 2.04 bits per heavy atom. The Labute approximate surface area is 262 Å². The lowest BCUT2D eigenvalue weighted by molar-refractivity contribution is 0.107. The van der Waals surface area contributed by atoms with E-state index in [1.165, 1.54) is 24.3 Å². The average molecular weight is 629 g/mol. The van der Waals surface area contributed by atoms with Crippen LogP contribution in [-0.4, -0.2) is 87.6 Å². The first-order chi connectivity index (χ1) is 22.3. The van der Waals surface area contributed by atoms with Crippen molar-refractivity contribution in [2.24, 2.45) is 0 Å². The Morgan fingerprint density at radius 1 is 1.15 bits per heavy atom. The summed E-state index contributed by atoms with van der Waals surface area (Å²) >= 11 is 0. The van der Waals surface area contributed by atoms with Gasteiger partial charge in [0.2, 0.25) is 5.88 Å². The number of terminal acetylenes is 1. The zero-order valence-electron chi connectivity index (χ0n) is 24.9. The summed E-state index contributed by atoms with van der Waals surface area (Å²) in [6, 6.07) is 5.72. The second kappa shape index (κ2) is 10.1. The van der Waals surface area contributed by atoms with Crippen molar-refractivity contribution < 1.29 is 27.8 Å². The monoisotopic (exact) mass is 628 g/mol. The second-order valence-corrected chi connectivity index (χ2v) is 13.2. The van der Waals surface area contributed by atoms with Gasteiger partial charge in [-0.25, -0.2) is 18.2 Å². The fraction of sp³-hybridized carbons (Fsp3) is 0.441. The standard InChI is InChI=1S/C34H31F3N6O3/c1-2-21-23(36)6-4-17-10-20(44)11-22(26(17)21)29-28(37)30-27-31(43-14-19-5-7-24(38-19)25(43)15-45-32(27)39-29)41-33(40-30)46-16-34-8-3-9-42(34)13-18(35)12-34/h1,4,6,10-11,18-19,24-25,38,44H,3,5,7-9,12-16H2/t18-,19+,24-,25?,34+/m1/s1. The van der Waals surface area contributed by atoms with E-state index in [0.29, 0.717) is 36.1 Å². The number of ether oxygens (including phenoxy) is 2. The third-order valence-corrected chi connectivity index (χ3v) is 10.6. The van der Waals surface area contributed by atoms with Gasteiger partial charge in [-0.15, -0.1) is 6.42 Å². The van der Waals surface area contributed by atoms with Crippen molar-refractivity contribution in [1.82, 2.24) is 25.2 Å². The minimum atomic E-state index is -0.927.